The number of likely N-dealkylation sites (N-methyl/N-ethyl adjacent to an activating group) is 1. The van der Waals surface area contributed by atoms with Gasteiger partial charge in [-0.05, 0) is 25.1 Å². The molecule has 2 amide bonds. The Balaban J connectivity index is 1.68. The number of hydrogen-bond acceptors (Lipinski definition) is 4. The van der Waals surface area contributed by atoms with Crippen LogP contribution in [0.3, 0.4) is 0 Å². The van der Waals surface area contributed by atoms with Crippen LogP contribution in [0.15, 0.2) is 54.6 Å². The summed E-state index contributed by atoms with van der Waals surface area (Å²) in [6.45, 7) is 1.74. The minimum Gasteiger partial charge on any atom is -0.332 e. The van der Waals surface area contributed by atoms with Crippen LogP contribution < -0.4 is 5.32 Å². The molecule has 0 aliphatic rings. The molecule has 1 heterocycles. The fourth-order valence-electron chi connectivity index (χ4n) is 2.53. The van der Waals surface area contributed by atoms with Crippen molar-refractivity contribution >= 4 is 40.4 Å². The Morgan fingerprint density at radius 3 is 2.59 bits per heavy atom. The third-order valence-corrected chi connectivity index (χ3v) is 5.28. The Morgan fingerprint density at radius 1 is 1.15 bits per heavy atom. The van der Waals surface area contributed by atoms with Crippen LogP contribution >= 0.6 is 22.9 Å². The van der Waals surface area contributed by atoms with E-state index in [-0.39, 0.29) is 18.4 Å². The van der Waals surface area contributed by atoms with Crippen molar-refractivity contribution < 1.29 is 9.59 Å². The van der Waals surface area contributed by atoms with Gasteiger partial charge in [-0.3, -0.25) is 9.59 Å². The molecule has 27 heavy (non-hydrogen) atoms. The number of carbonyl (C=O) groups is 2. The molecule has 3 rings (SSSR count). The average Bonchev–Trinajstić information content (AvgIpc) is 3.03. The normalized spacial score (nSPS) is 10.5. The molecule has 0 saturated carbocycles. The van der Waals surface area contributed by atoms with Crippen molar-refractivity contribution in [2.75, 3.05) is 18.9 Å². The van der Waals surface area contributed by atoms with E-state index in [4.69, 9.17) is 11.6 Å². The molecule has 1 N–H and O–H groups in total. The molecule has 0 spiro atoms. The zero-order valence-electron chi connectivity index (χ0n) is 14.9. The second kappa shape index (κ2) is 8.33. The van der Waals surface area contributed by atoms with Gasteiger partial charge in [-0.25, -0.2) is 4.98 Å². The van der Waals surface area contributed by atoms with Crippen LogP contribution in [-0.4, -0.2) is 35.3 Å². The van der Waals surface area contributed by atoms with Crippen molar-refractivity contribution in [2.45, 2.75) is 6.92 Å². The average molecular weight is 400 g/mol. The number of aryl methyl sites for hydroxylation is 1. The summed E-state index contributed by atoms with van der Waals surface area (Å²) in [7, 11) is 1.60. The lowest BCUT2D eigenvalue weighted by molar-refractivity contribution is -0.116. The SMILES string of the molecule is Cc1nc(-c2ccccc2)sc1C(=O)N(C)CC(=O)Nc1cccc(Cl)c1. The highest BCUT2D eigenvalue weighted by molar-refractivity contribution is 7.17. The number of aromatic nitrogens is 1. The molecule has 7 heteroatoms. The quantitative estimate of drug-likeness (QED) is 0.687. The van der Waals surface area contributed by atoms with Crippen LogP contribution in [0.1, 0.15) is 15.4 Å². The van der Waals surface area contributed by atoms with Gasteiger partial charge in [-0.1, -0.05) is 48.0 Å². The lowest BCUT2D eigenvalue weighted by Crippen LogP contribution is -2.34. The van der Waals surface area contributed by atoms with E-state index in [0.717, 1.165) is 10.6 Å². The van der Waals surface area contributed by atoms with Gasteiger partial charge in [0.15, 0.2) is 0 Å². The number of carbonyl (C=O) groups excluding carboxylic acids is 2. The monoisotopic (exact) mass is 399 g/mol. The van der Waals surface area contributed by atoms with Crippen LogP contribution in [0.4, 0.5) is 5.69 Å². The van der Waals surface area contributed by atoms with Gasteiger partial charge < -0.3 is 10.2 Å². The van der Waals surface area contributed by atoms with Crippen molar-refractivity contribution in [3.63, 3.8) is 0 Å². The summed E-state index contributed by atoms with van der Waals surface area (Å²) in [5.41, 5.74) is 2.21. The Bertz CT molecular complexity index is 972. The topological polar surface area (TPSA) is 62.3 Å². The number of hydrogen-bond donors (Lipinski definition) is 1. The number of nitrogens with one attached hydrogen (secondary N) is 1. The molecule has 0 radical (unpaired) electrons. The van der Waals surface area contributed by atoms with Crippen LogP contribution in [0, 0.1) is 6.92 Å². The first kappa shape index (κ1) is 19.1. The van der Waals surface area contributed by atoms with E-state index in [9.17, 15) is 9.59 Å². The van der Waals surface area contributed by atoms with Crippen LogP contribution in [0.25, 0.3) is 10.6 Å². The maximum atomic E-state index is 12.7. The van der Waals surface area contributed by atoms with Gasteiger partial charge in [0, 0.05) is 23.3 Å². The van der Waals surface area contributed by atoms with Crippen molar-refractivity contribution in [3.8, 4) is 10.6 Å². The molecule has 0 aliphatic heterocycles. The van der Waals surface area contributed by atoms with Crippen LogP contribution in [0.5, 0.6) is 0 Å². The molecule has 0 fully saturated rings. The minimum absolute atomic E-state index is 0.0661. The first-order chi connectivity index (χ1) is 12.9. The van der Waals surface area contributed by atoms with Crippen molar-refractivity contribution in [2.24, 2.45) is 0 Å². The highest BCUT2D eigenvalue weighted by Crippen LogP contribution is 2.28. The van der Waals surface area contributed by atoms with E-state index in [1.165, 1.54) is 16.2 Å². The number of rotatable bonds is 5. The molecule has 1 aromatic heterocycles. The maximum Gasteiger partial charge on any atom is 0.266 e. The number of thiazole rings is 1. The highest BCUT2D eigenvalue weighted by atomic mass is 35.5. The van der Waals surface area contributed by atoms with Gasteiger partial charge in [-0.2, -0.15) is 0 Å². The fourth-order valence-corrected chi connectivity index (χ4v) is 3.78. The third kappa shape index (κ3) is 4.72. The van der Waals surface area contributed by atoms with E-state index in [1.54, 1.807) is 38.2 Å². The zero-order chi connectivity index (χ0) is 19.4. The Morgan fingerprint density at radius 2 is 1.89 bits per heavy atom. The van der Waals surface area contributed by atoms with Gasteiger partial charge in [0.2, 0.25) is 5.91 Å². The highest BCUT2D eigenvalue weighted by Gasteiger charge is 2.21. The molecule has 138 valence electrons. The summed E-state index contributed by atoms with van der Waals surface area (Å²) in [4.78, 5) is 31.4. The number of benzene rings is 2. The van der Waals surface area contributed by atoms with E-state index in [1.807, 2.05) is 30.3 Å². The minimum atomic E-state index is -0.293. The molecule has 2 aromatic carbocycles. The third-order valence-electron chi connectivity index (χ3n) is 3.85. The molecule has 0 saturated heterocycles. The first-order valence-corrected chi connectivity index (χ1v) is 9.47. The van der Waals surface area contributed by atoms with E-state index < -0.39 is 0 Å². The van der Waals surface area contributed by atoms with Gasteiger partial charge in [0.1, 0.15) is 9.88 Å². The molecule has 0 bridgehead atoms. The van der Waals surface area contributed by atoms with E-state index in [0.29, 0.717) is 21.3 Å². The Labute approximate surface area is 166 Å². The summed E-state index contributed by atoms with van der Waals surface area (Å²) in [6.07, 6.45) is 0. The maximum absolute atomic E-state index is 12.7. The molecule has 0 aliphatic carbocycles. The lowest BCUT2D eigenvalue weighted by Gasteiger charge is -2.16. The fraction of sp³-hybridized carbons (Fsp3) is 0.150. The number of halogens is 1. The number of anilines is 1. The number of nitrogens with zero attached hydrogens (tertiary/aromatic N) is 2. The van der Waals surface area contributed by atoms with Crippen LogP contribution in [-0.2, 0) is 4.79 Å². The zero-order valence-corrected chi connectivity index (χ0v) is 16.5. The summed E-state index contributed by atoms with van der Waals surface area (Å²) < 4.78 is 0. The predicted octanol–water partition coefficient (Wildman–Crippen LogP) is 4.48. The molecular formula is C20H18ClN3O2S. The van der Waals surface area contributed by atoms with Crippen molar-refractivity contribution in [1.82, 2.24) is 9.88 Å². The summed E-state index contributed by atoms with van der Waals surface area (Å²) in [6, 6.07) is 16.6. The molecular weight excluding hydrogens is 382 g/mol. The van der Waals surface area contributed by atoms with Gasteiger partial charge >= 0.3 is 0 Å². The lowest BCUT2D eigenvalue weighted by atomic mass is 10.2. The second-order valence-corrected chi connectivity index (χ2v) is 7.45. The van der Waals surface area contributed by atoms with Gasteiger partial charge in [0.05, 0.1) is 12.2 Å². The number of amides is 2. The second-order valence-electron chi connectivity index (χ2n) is 6.02. The van der Waals surface area contributed by atoms with Crippen molar-refractivity contribution in [1.29, 1.82) is 0 Å². The molecule has 3 aromatic rings. The first-order valence-electron chi connectivity index (χ1n) is 8.28. The van der Waals surface area contributed by atoms with E-state index in [2.05, 4.69) is 10.3 Å². The summed E-state index contributed by atoms with van der Waals surface area (Å²) >= 11 is 7.24. The largest absolute Gasteiger partial charge is 0.332 e. The van der Waals surface area contributed by atoms with Gasteiger partial charge in [0.25, 0.3) is 5.91 Å². The van der Waals surface area contributed by atoms with Gasteiger partial charge in [-0.15, -0.1) is 11.3 Å². The summed E-state index contributed by atoms with van der Waals surface area (Å²) in [5.74, 6) is -0.521. The molecule has 5 nitrogen and oxygen atoms in total. The predicted molar refractivity (Wildman–Crippen MR) is 109 cm³/mol. The Hall–Kier alpha value is -2.70. The van der Waals surface area contributed by atoms with Crippen molar-refractivity contribution in [3.05, 3.63) is 70.2 Å². The van der Waals surface area contributed by atoms with Crippen LogP contribution in [0.2, 0.25) is 5.02 Å². The standard InChI is InChI=1S/C20H18ClN3O2S/c1-13-18(27-19(22-13)14-7-4-3-5-8-14)20(26)24(2)12-17(25)23-16-10-6-9-15(21)11-16/h3-11H,12H2,1-2H3,(H,23,25). The Kier molecular flexibility index (Phi) is 5.88. The summed E-state index contributed by atoms with van der Waals surface area (Å²) in [5, 5.41) is 4.05. The van der Waals surface area contributed by atoms with E-state index >= 15 is 0 Å². The molecule has 0 unspecified atom stereocenters. The molecule has 0 atom stereocenters. The smallest absolute Gasteiger partial charge is 0.266 e.